The van der Waals surface area contributed by atoms with Gasteiger partial charge < -0.3 is 14.7 Å². The summed E-state index contributed by atoms with van der Waals surface area (Å²) < 4.78 is 5.35. The van der Waals surface area contributed by atoms with Gasteiger partial charge in [0.05, 0.1) is 5.41 Å². The highest BCUT2D eigenvalue weighted by atomic mass is 16.6. The molecular weight excluding hydrogens is 294 g/mol. The van der Waals surface area contributed by atoms with Gasteiger partial charge in [-0.15, -0.1) is 0 Å². The molecule has 0 bridgehead atoms. The Morgan fingerprint density at radius 3 is 2.70 bits per heavy atom. The van der Waals surface area contributed by atoms with Crippen LogP contribution in [0.25, 0.3) is 0 Å². The molecule has 1 saturated heterocycles. The van der Waals surface area contributed by atoms with Crippen LogP contribution in [-0.4, -0.2) is 35.2 Å². The molecule has 1 aromatic carbocycles. The molecule has 0 aromatic heterocycles. The molecule has 2 aliphatic rings. The summed E-state index contributed by atoms with van der Waals surface area (Å²) in [7, 11) is 0. The fraction of sp³-hybridized carbons (Fsp3) is 0.556. The van der Waals surface area contributed by atoms with Gasteiger partial charge in [-0.25, -0.2) is 4.79 Å². The number of likely N-dealkylation sites (tertiary alicyclic amines) is 1. The van der Waals surface area contributed by atoms with Crippen LogP contribution in [0.1, 0.15) is 31.7 Å². The second-order valence-corrected chi connectivity index (χ2v) is 6.63. The first-order chi connectivity index (χ1) is 11.1. The third-order valence-electron chi connectivity index (χ3n) is 5.42. The lowest BCUT2D eigenvalue weighted by molar-refractivity contribution is -0.146. The van der Waals surface area contributed by atoms with Crippen LogP contribution in [-0.2, 0) is 16.1 Å². The summed E-state index contributed by atoms with van der Waals surface area (Å²) in [6.07, 6.45) is 2.05. The maximum Gasteiger partial charge on any atom is 0.410 e. The van der Waals surface area contributed by atoms with E-state index in [0.717, 1.165) is 24.8 Å². The van der Waals surface area contributed by atoms with E-state index in [1.807, 2.05) is 37.3 Å². The maximum atomic E-state index is 12.2. The van der Waals surface area contributed by atoms with Gasteiger partial charge in [0, 0.05) is 13.1 Å². The van der Waals surface area contributed by atoms with E-state index in [1.165, 1.54) is 0 Å². The molecule has 0 spiro atoms. The van der Waals surface area contributed by atoms with E-state index in [0.29, 0.717) is 13.1 Å². The van der Waals surface area contributed by atoms with Gasteiger partial charge in [0.1, 0.15) is 6.61 Å². The first-order valence-corrected chi connectivity index (χ1v) is 8.27. The Balaban J connectivity index is 1.55. The highest BCUT2D eigenvalue weighted by Gasteiger charge is 2.64. The second-order valence-electron chi connectivity index (χ2n) is 6.63. The fourth-order valence-electron chi connectivity index (χ4n) is 3.95. The van der Waals surface area contributed by atoms with Crippen molar-refractivity contribution in [3.05, 3.63) is 35.9 Å². The number of carbonyl (C=O) groups is 2. The maximum absolute atomic E-state index is 12.2. The molecule has 2 fully saturated rings. The summed E-state index contributed by atoms with van der Waals surface area (Å²) in [6.45, 7) is 3.37. The summed E-state index contributed by atoms with van der Waals surface area (Å²) in [5.41, 5.74) is 0.343. The molecule has 3 atom stereocenters. The quantitative estimate of drug-likeness (QED) is 0.906. The molecule has 1 heterocycles. The monoisotopic (exact) mass is 317 g/mol. The molecule has 1 amide bonds. The van der Waals surface area contributed by atoms with Crippen molar-refractivity contribution in [1.82, 2.24) is 4.90 Å². The van der Waals surface area contributed by atoms with Gasteiger partial charge in [0.15, 0.2) is 0 Å². The number of carboxylic acids is 1. The predicted octanol–water partition coefficient (Wildman–Crippen LogP) is 3.15. The van der Waals surface area contributed by atoms with Crippen LogP contribution in [0.4, 0.5) is 4.79 Å². The highest BCUT2D eigenvalue weighted by Crippen LogP contribution is 2.61. The summed E-state index contributed by atoms with van der Waals surface area (Å²) in [5.74, 6) is -0.395. The van der Waals surface area contributed by atoms with Gasteiger partial charge in [0.2, 0.25) is 0 Å². The van der Waals surface area contributed by atoms with Gasteiger partial charge >= 0.3 is 12.1 Å². The van der Waals surface area contributed by atoms with Crippen LogP contribution in [0.2, 0.25) is 0 Å². The molecular formula is C18H23NO4. The summed E-state index contributed by atoms with van der Waals surface area (Å²) >= 11 is 0. The Morgan fingerprint density at radius 2 is 2.09 bits per heavy atom. The lowest BCUT2D eigenvalue weighted by Gasteiger charge is -2.21. The minimum atomic E-state index is -0.700. The van der Waals surface area contributed by atoms with E-state index in [9.17, 15) is 14.7 Å². The third kappa shape index (κ3) is 2.92. The van der Waals surface area contributed by atoms with Crippen molar-refractivity contribution in [1.29, 1.82) is 0 Å². The first kappa shape index (κ1) is 15.8. The van der Waals surface area contributed by atoms with E-state index in [2.05, 4.69) is 0 Å². The molecule has 1 N–H and O–H groups in total. The number of nitrogens with zero attached hydrogens (tertiary/aromatic N) is 1. The number of benzene rings is 1. The van der Waals surface area contributed by atoms with Crippen molar-refractivity contribution >= 4 is 12.1 Å². The van der Waals surface area contributed by atoms with Gasteiger partial charge in [0.25, 0.3) is 0 Å². The van der Waals surface area contributed by atoms with E-state index >= 15 is 0 Å². The van der Waals surface area contributed by atoms with Gasteiger partial charge in [-0.2, -0.15) is 0 Å². The molecule has 23 heavy (non-hydrogen) atoms. The number of carbonyl (C=O) groups excluding carboxylic acids is 1. The second kappa shape index (κ2) is 6.22. The zero-order valence-electron chi connectivity index (χ0n) is 13.4. The van der Waals surface area contributed by atoms with Crippen LogP contribution in [0, 0.1) is 17.3 Å². The van der Waals surface area contributed by atoms with Crippen molar-refractivity contribution in [2.45, 2.75) is 32.8 Å². The molecule has 1 aliphatic carbocycles. The normalized spacial score (nSPS) is 29.3. The third-order valence-corrected chi connectivity index (χ3v) is 5.42. The molecule has 5 nitrogen and oxygen atoms in total. The van der Waals surface area contributed by atoms with Gasteiger partial charge in [-0.1, -0.05) is 43.7 Å². The Kier molecular flexibility index (Phi) is 4.28. The van der Waals surface area contributed by atoms with Crippen molar-refractivity contribution in [2.24, 2.45) is 17.3 Å². The molecule has 124 valence electrons. The zero-order chi connectivity index (χ0) is 16.4. The SMILES string of the molecule is CCC1CC1(C(=O)O)[C@H]1CCN(C(=O)OCc2ccccc2)C1. The highest BCUT2D eigenvalue weighted by molar-refractivity contribution is 5.79. The smallest absolute Gasteiger partial charge is 0.410 e. The number of amides is 1. The van der Waals surface area contributed by atoms with Crippen LogP contribution in [0.5, 0.6) is 0 Å². The summed E-state index contributed by atoms with van der Waals surface area (Å²) in [5, 5.41) is 9.61. The van der Waals surface area contributed by atoms with Crippen molar-refractivity contribution in [3.63, 3.8) is 0 Å². The minimum Gasteiger partial charge on any atom is -0.481 e. The number of carboxylic acid groups (broad SMARTS) is 1. The largest absolute Gasteiger partial charge is 0.481 e. The number of rotatable bonds is 5. The number of ether oxygens (including phenoxy) is 1. The number of hydrogen-bond acceptors (Lipinski definition) is 3. The van der Waals surface area contributed by atoms with Crippen LogP contribution in [0.15, 0.2) is 30.3 Å². The van der Waals surface area contributed by atoms with E-state index < -0.39 is 11.4 Å². The fourth-order valence-corrected chi connectivity index (χ4v) is 3.95. The molecule has 1 aromatic rings. The predicted molar refractivity (Wildman–Crippen MR) is 84.8 cm³/mol. The average Bonchev–Trinajstić information content (AvgIpc) is 3.12. The molecule has 5 heteroatoms. The van der Waals surface area contributed by atoms with Crippen LogP contribution >= 0.6 is 0 Å². The van der Waals surface area contributed by atoms with Crippen LogP contribution < -0.4 is 0 Å². The lowest BCUT2D eigenvalue weighted by atomic mass is 9.85. The first-order valence-electron chi connectivity index (χ1n) is 8.27. The Hall–Kier alpha value is -2.04. The molecule has 2 unspecified atom stereocenters. The lowest BCUT2D eigenvalue weighted by Crippen LogP contribution is -2.33. The van der Waals surface area contributed by atoms with E-state index in [1.54, 1.807) is 4.90 Å². The zero-order valence-corrected chi connectivity index (χ0v) is 13.4. The average molecular weight is 317 g/mol. The summed E-state index contributed by atoms with van der Waals surface area (Å²) in [4.78, 5) is 25.5. The Morgan fingerprint density at radius 1 is 1.35 bits per heavy atom. The number of hydrogen-bond donors (Lipinski definition) is 1. The molecule has 1 aliphatic heterocycles. The Bertz CT molecular complexity index is 588. The molecule has 3 rings (SSSR count). The van der Waals surface area contributed by atoms with Crippen molar-refractivity contribution < 1.29 is 19.4 Å². The van der Waals surface area contributed by atoms with E-state index in [4.69, 9.17) is 4.74 Å². The minimum absolute atomic E-state index is 0.0502. The van der Waals surface area contributed by atoms with Gasteiger partial charge in [-0.05, 0) is 30.2 Å². The van der Waals surface area contributed by atoms with E-state index in [-0.39, 0.29) is 24.5 Å². The van der Waals surface area contributed by atoms with Crippen molar-refractivity contribution in [2.75, 3.05) is 13.1 Å². The topological polar surface area (TPSA) is 66.8 Å². The Labute approximate surface area is 136 Å². The van der Waals surface area contributed by atoms with Gasteiger partial charge in [-0.3, -0.25) is 4.79 Å². The molecule has 0 radical (unpaired) electrons. The van der Waals surface area contributed by atoms with Crippen molar-refractivity contribution in [3.8, 4) is 0 Å². The molecule has 1 saturated carbocycles. The van der Waals surface area contributed by atoms with Crippen LogP contribution in [0.3, 0.4) is 0 Å². The summed E-state index contributed by atoms with van der Waals surface area (Å²) in [6, 6.07) is 9.56. The number of aliphatic carboxylic acids is 1. The standard InChI is InChI=1S/C18H23NO4/c1-2-14-10-18(14,16(20)21)15-8-9-19(11-15)17(22)23-12-13-6-4-3-5-7-13/h3-7,14-15H,2,8-12H2,1H3,(H,20,21)/t14?,15-,18?/m0/s1.